The van der Waals surface area contributed by atoms with E-state index in [1.807, 2.05) is 0 Å². The molecule has 124 valence electrons. The van der Waals surface area contributed by atoms with Gasteiger partial charge in [-0.25, -0.2) is 13.1 Å². The summed E-state index contributed by atoms with van der Waals surface area (Å²) in [5.41, 5.74) is 0.340. The predicted octanol–water partition coefficient (Wildman–Crippen LogP) is 1.60. The summed E-state index contributed by atoms with van der Waals surface area (Å²) in [7, 11) is 0.537. The van der Waals surface area contributed by atoms with Crippen molar-refractivity contribution in [2.45, 2.75) is 57.6 Å². The maximum Gasteiger partial charge on any atom is 0.211 e. The Morgan fingerprint density at radius 1 is 1.33 bits per heavy atom. The lowest BCUT2D eigenvalue weighted by Gasteiger charge is -2.57. The Labute approximate surface area is 129 Å². The summed E-state index contributed by atoms with van der Waals surface area (Å²) in [5, 5.41) is 0. The van der Waals surface area contributed by atoms with Crippen molar-refractivity contribution in [3.8, 4) is 0 Å². The first kappa shape index (κ1) is 17.2. The van der Waals surface area contributed by atoms with Crippen LogP contribution in [0.2, 0.25) is 0 Å². The minimum Gasteiger partial charge on any atom is -0.378 e. The largest absolute Gasteiger partial charge is 0.378 e. The zero-order valence-electron chi connectivity index (χ0n) is 13.6. The van der Waals surface area contributed by atoms with Crippen molar-refractivity contribution in [3.63, 3.8) is 0 Å². The van der Waals surface area contributed by atoms with Crippen molar-refractivity contribution in [1.82, 2.24) is 9.62 Å². The Hall–Kier alpha value is -0.170. The van der Waals surface area contributed by atoms with Gasteiger partial charge in [0.15, 0.2) is 0 Å². The Morgan fingerprint density at radius 2 is 2.00 bits per heavy atom. The first-order valence-corrected chi connectivity index (χ1v) is 9.83. The lowest BCUT2D eigenvalue weighted by Crippen LogP contribution is -2.63. The molecule has 2 fully saturated rings. The molecule has 0 aromatic carbocycles. The summed E-state index contributed by atoms with van der Waals surface area (Å²) < 4.78 is 31.3. The molecule has 0 radical (unpaired) electrons. The number of nitrogens with one attached hydrogen (secondary N) is 1. The summed E-state index contributed by atoms with van der Waals surface area (Å²) in [5.74, 6) is 0.211. The van der Waals surface area contributed by atoms with Gasteiger partial charge in [0.25, 0.3) is 0 Å². The van der Waals surface area contributed by atoms with E-state index in [1.54, 1.807) is 0 Å². The molecule has 0 saturated heterocycles. The fourth-order valence-corrected chi connectivity index (χ4v) is 4.94. The molecule has 0 aromatic rings. The van der Waals surface area contributed by atoms with Crippen LogP contribution in [0, 0.1) is 5.41 Å². The number of hydrogen-bond acceptors (Lipinski definition) is 4. The molecular weight excluding hydrogens is 288 g/mol. The van der Waals surface area contributed by atoms with Gasteiger partial charge in [-0.3, -0.25) is 0 Å². The van der Waals surface area contributed by atoms with E-state index in [1.165, 1.54) is 32.7 Å². The smallest absolute Gasteiger partial charge is 0.211 e. The summed E-state index contributed by atoms with van der Waals surface area (Å²) in [6.07, 6.45) is 7.35. The molecule has 2 aliphatic carbocycles. The quantitative estimate of drug-likeness (QED) is 0.738. The fraction of sp³-hybridized carbons (Fsp3) is 1.00. The van der Waals surface area contributed by atoms with E-state index in [4.69, 9.17) is 4.74 Å². The molecule has 2 rings (SSSR count). The van der Waals surface area contributed by atoms with Gasteiger partial charge in [-0.15, -0.1) is 0 Å². The Bertz CT molecular complexity index is 432. The highest BCUT2D eigenvalue weighted by atomic mass is 32.2. The molecule has 5 nitrogen and oxygen atoms in total. The number of hydrogen-bond donors (Lipinski definition) is 1. The molecule has 2 atom stereocenters. The third kappa shape index (κ3) is 3.60. The van der Waals surface area contributed by atoms with Gasteiger partial charge in [-0.05, 0) is 53.2 Å². The highest BCUT2D eigenvalue weighted by Gasteiger charge is 2.57. The molecule has 0 aromatic heterocycles. The fourth-order valence-electron chi connectivity index (χ4n) is 4.23. The van der Waals surface area contributed by atoms with Crippen LogP contribution in [0.15, 0.2) is 0 Å². The maximum atomic E-state index is 11.5. The second kappa shape index (κ2) is 6.94. The highest BCUT2D eigenvalue weighted by Crippen LogP contribution is 2.56. The molecule has 0 bridgehead atoms. The molecule has 0 aliphatic heterocycles. The van der Waals surface area contributed by atoms with Crippen LogP contribution in [-0.4, -0.2) is 58.5 Å². The topological polar surface area (TPSA) is 58.6 Å². The van der Waals surface area contributed by atoms with Gasteiger partial charge in [-0.2, -0.15) is 0 Å². The van der Waals surface area contributed by atoms with Crippen molar-refractivity contribution in [3.05, 3.63) is 0 Å². The second-order valence-electron chi connectivity index (χ2n) is 6.49. The van der Waals surface area contributed by atoms with E-state index < -0.39 is 10.0 Å². The van der Waals surface area contributed by atoms with E-state index in [0.717, 1.165) is 19.6 Å². The van der Waals surface area contributed by atoms with Gasteiger partial charge in [0, 0.05) is 18.1 Å². The molecule has 0 unspecified atom stereocenters. The zero-order chi connectivity index (χ0) is 15.5. The van der Waals surface area contributed by atoms with Gasteiger partial charge < -0.3 is 9.64 Å². The first-order chi connectivity index (χ1) is 9.95. The lowest BCUT2D eigenvalue weighted by molar-refractivity contribution is -0.160. The number of sulfonamides is 1. The van der Waals surface area contributed by atoms with Crippen LogP contribution in [0.1, 0.15) is 45.4 Å². The molecule has 2 aliphatic rings. The van der Waals surface area contributed by atoms with Crippen molar-refractivity contribution < 1.29 is 13.2 Å². The predicted molar refractivity (Wildman–Crippen MR) is 84.8 cm³/mol. The van der Waals surface area contributed by atoms with E-state index in [0.29, 0.717) is 24.0 Å². The van der Waals surface area contributed by atoms with Crippen LogP contribution in [0.3, 0.4) is 0 Å². The van der Waals surface area contributed by atoms with E-state index >= 15 is 0 Å². The minimum atomic E-state index is -3.08. The van der Waals surface area contributed by atoms with Gasteiger partial charge in [0.2, 0.25) is 10.0 Å². The van der Waals surface area contributed by atoms with Crippen LogP contribution in [-0.2, 0) is 14.8 Å². The van der Waals surface area contributed by atoms with Crippen LogP contribution < -0.4 is 4.72 Å². The van der Waals surface area contributed by atoms with Crippen LogP contribution in [0.25, 0.3) is 0 Å². The van der Waals surface area contributed by atoms with Gasteiger partial charge in [0.05, 0.1) is 11.9 Å². The van der Waals surface area contributed by atoms with Crippen LogP contribution >= 0.6 is 0 Å². The van der Waals surface area contributed by atoms with E-state index in [9.17, 15) is 8.42 Å². The van der Waals surface area contributed by atoms with E-state index in [2.05, 4.69) is 23.6 Å². The summed E-state index contributed by atoms with van der Waals surface area (Å²) in [6.45, 7) is 3.71. The second-order valence-corrected chi connectivity index (χ2v) is 8.54. The van der Waals surface area contributed by atoms with E-state index in [-0.39, 0.29) is 5.75 Å². The summed E-state index contributed by atoms with van der Waals surface area (Å²) in [4.78, 5) is 2.37. The molecule has 6 heteroatoms. The van der Waals surface area contributed by atoms with Crippen molar-refractivity contribution in [2.24, 2.45) is 5.41 Å². The third-order valence-corrected chi connectivity index (χ3v) is 6.86. The summed E-state index contributed by atoms with van der Waals surface area (Å²) >= 11 is 0. The SMILES string of the molecule is CCO[C@H]1C[C@H](N(C)CCCS(=O)(=O)NC)C12CCCC2. The summed E-state index contributed by atoms with van der Waals surface area (Å²) in [6, 6.07) is 0.564. The number of nitrogens with zero attached hydrogens (tertiary/aromatic N) is 1. The van der Waals surface area contributed by atoms with Crippen molar-refractivity contribution in [1.29, 1.82) is 0 Å². The molecule has 1 spiro atoms. The molecular formula is C15H30N2O3S. The lowest BCUT2D eigenvalue weighted by atomic mass is 9.60. The highest BCUT2D eigenvalue weighted by molar-refractivity contribution is 7.89. The molecule has 21 heavy (non-hydrogen) atoms. The zero-order valence-corrected chi connectivity index (χ0v) is 14.4. The number of rotatable bonds is 8. The third-order valence-electron chi connectivity index (χ3n) is 5.41. The van der Waals surface area contributed by atoms with Crippen LogP contribution in [0.5, 0.6) is 0 Å². The maximum absolute atomic E-state index is 11.5. The van der Waals surface area contributed by atoms with Crippen molar-refractivity contribution in [2.75, 3.05) is 33.0 Å². The normalized spacial score (nSPS) is 28.2. The van der Waals surface area contributed by atoms with Gasteiger partial charge >= 0.3 is 0 Å². The molecule has 2 saturated carbocycles. The Balaban J connectivity index is 1.86. The molecule has 0 heterocycles. The standard InChI is InChI=1S/C15H30N2O3S/c1-4-20-14-12-13(15(14)8-5-6-9-15)17(3)10-7-11-21(18,19)16-2/h13-14,16H,4-12H2,1-3H3/t13-,14-/m0/s1. The van der Waals surface area contributed by atoms with Gasteiger partial charge in [0.1, 0.15) is 0 Å². The van der Waals surface area contributed by atoms with Gasteiger partial charge in [-0.1, -0.05) is 12.8 Å². The van der Waals surface area contributed by atoms with Crippen molar-refractivity contribution >= 4 is 10.0 Å². The average Bonchev–Trinajstić information content (AvgIpc) is 2.95. The molecule has 1 N–H and O–H groups in total. The number of ether oxygens (including phenoxy) is 1. The Kier molecular flexibility index (Phi) is 5.68. The average molecular weight is 318 g/mol. The monoisotopic (exact) mass is 318 g/mol. The van der Waals surface area contributed by atoms with Crippen LogP contribution in [0.4, 0.5) is 0 Å². The first-order valence-electron chi connectivity index (χ1n) is 8.18. The minimum absolute atomic E-state index is 0.211. The molecule has 0 amide bonds. The Morgan fingerprint density at radius 3 is 2.57 bits per heavy atom.